The van der Waals surface area contributed by atoms with E-state index >= 15 is 0 Å². The highest BCUT2D eigenvalue weighted by Crippen LogP contribution is 3.02. The molecule has 2 rings (SSSR count). The third-order valence-electron chi connectivity index (χ3n) is 4.22. The Morgan fingerprint density at radius 3 is 1.80 bits per heavy atom. The smallest absolute Gasteiger partial charge is 0.0936 e. The molecule has 0 unspecified atom stereocenters. The van der Waals surface area contributed by atoms with Crippen molar-refractivity contribution in [1.82, 2.24) is 0 Å². The lowest BCUT2D eigenvalue weighted by molar-refractivity contribution is 0.318. The van der Waals surface area contributed by atoms with Crippen LogP contribution in [0.2, 0.25) is 0 Å². The molecule has 0 N–H and O–H groups in total. The quantitative estimate of drug-likeness (QED) is 0.525. The molecule has 6 heteroatoms. The molecule has 0 radical (unpaired) electrons. The van der Waals surface area contributed by atoms with Crippen molar-refractivity contribution >= 4 is 10.2 Å². The van der Waals surface area contributed by atoms with E-state index < -0.39 is 15.1 Å². The number of halogens is 5. The molecule has 1 aliphatic rings. The van der Waals surface area contributed by atoms with Crippen LogP contribution in [0.5, 0.6) is 0 Å². The third kappa shape index (κ3) is 3.65. The molecule has 1 fully saturated rings. The average molecular weight is 314 g/mol. The molecule has 20 heavy (non-hydrogen) atoms. The van der Waals surface area contributed by atoms with Gasteiger partial charge < -0.3 is 0 Å². The Morgan fingerprint density at radius 1 is 0.900 bits per heavy atom. The molecule has 0 atom stereocenters. The van der Waals surface area contributed by atoms with Crippen molar-refractivity contribution < 1.29 is 19.4 Å². The van der Waals surface area contributed by atoms with Gasteiger partial charge in [0.2, 0.25) is 0 Å². The Kier molecular flexibility index (Phi) is 3.40. The normalized spacial score (nSPS) is 27.7. The maximum atomic E-state index is 12.6. The molecular formula is C14H19F5S. The number of hydrogen-bond acceptors (Lipinski definition) is 0. The van der Waals surface area contributed by atoms with Gasteiger partial charge in [-0.15, -0.1) is 0 Å². The summed E-state index contributed by atoms with van der Waals surface area (Å²) in [5, 5.41) is 0. The predicted molar refractivity (Wildman–Crippen MR) is 72.8 cm³/mol. The number of rotatable bonds is 3. The van der Waals surface area contributed by atoms with Gasteiger partial charge in [-0.2, -0.15) is 0 Å². The van der Waals surface area contributed by atoms with Crippen LogP contribution in [-0.4, -0.2) is 0 Å². The van der Waals surface area contributed by atoms with Crippen molar-refractivity contribution in [2.24, 2.45) is 5.92 Å². The summed E-state index contributed by atoms with van der Waals surface area (Å²) < 4.78 is 63.1. The second-order valence-corrected chi connectivity index (χ2v) is 8.07. The van der Waals surface area contributed by atoms with Crippen molar-refractivity contribution in [2.75, 3.05) is 0 Å². The zero-order valence-corrected chi connectivity index (χ0v) is 12.1. The summed E-state index contributed by atoms with van der Waals surface area (Å²) in [6.45, 7) is 2.13. The molecule has 0 saturated heterocycles. The van der Waals surface area contributed by atoms with E-state index in [-0.39, 0.29) is 5.92 Å². The molecule has 0 spiro atoms. The van der Waals surface area contributed by atoms with Gasteiger partial charge in [-0.05, 0) is 55.2 Å². The van der Waals surface area contributed by atoms with E-state index in [2.05, 4.69) is 6.92 Å². The lowest BCUT2D eigenvalue weighted by Gasteiger charge is -2.40. The summed E-state index contributed by atoms with van der Waals surface area (Å²) >= 11 is 0. The fourth-order valence-corrected chi connectivity index (χ4v) is 3.55. The first-order valence-corrected chi connectivity index (χ1v) is 8.79. The largest absolute Gasteiger partial charge is 0.310 e. The van der Waals surface area contributed by atoms with Crippen molar-refractivity contribution in [2.45, 2.75) is 49.8 Å². The summed E-state index contributed by atoms with van der Waals surface area (Å²) in [6, 6.07) is 3.49. The Balaban J connectivity index is 2.15. The fraction of sp³-hybridized carbons (Fsp3) is 0.571. The minimum atomic E-state index is -9.53. The Morgan fingerprint density at radius 2 is 1.40 bits per heavy atom. The highest BCUT2D eigenvalue weighted by atomic mass is 32.5. The van der Waals surface area contributed by atoms with Crippen LogP contribution >= 0.6 is 10.2 Å². The van der Waals surface area contributed by atoms with Gasteiger partial charge in [0.15, 0.2) is 0 Å². The fourth-order valence-electron chi connectivity index (χ4n) is 2.90. The Labute approximate surface area is 116 Å². The average Bonchev–Trinajstić information content (AvgIpc) is 2.36. The van der Waals surface area contributed by atoms with Gasteiger partial charge in [-0.3, -0.25) is 0 Å². The third-order valence-corrected chi connectivity index (χ3v) is 5.38. The highest BCUT2D eigenvalue weighted by Gasteiger charge is 2.65. The van der Waals surface area contributed by atoms with Gasteiger partial charge in [0, 0.05) is 0 Å². The Hall–Kier alpha value is -0.780. The van der Waals surface area contributed by atoms with Gasteiger partial charge in [0.1, 0.15) is 4.90 Å². The molecule has 1 aromatic carbocycles. The van der Waals surface area contributed by atoms with Crippen LogP contribution in [0, 0.1) is 5.92 Å². The second-order valence-electron chi connectivity index (χ2n) is 5.66. The summed E-state index contributed by atoms with van der Waals surface area (Å²) in [5.41, 5.74) is 0.741. The molecule has 0 bridgehead atoms. The summed E-state index contributed by atoms with van der Waals surface area (Å²) in [6.07, 6.45) is 5.09. The zero-order valence-electron chi connectivity index (χ0n) is 11.3. The molecule has 0 nitrogen and oxygen atoms in total. The van der Waals surface area contributed by atoms with Gasteiger partial charge in [0.25, 0.3) is 0 Å². The second kappa shape index (κ2) is 4.36. The molecule has 1 aliphatic carbocycles. The monoisotopic (exact) mass is 314 g/mol. The maximum Gasteiger partial charge on any atom is 0.310 e. The zero-order chi connectivity index (χ0) is 15.1. The van der Waals surface area contributed by atoms with E-state index in [0.29, 0.717) is 18.1 Å². The van der Waals surface area contributed by atoms with E-state index in [1.54, 1.807) is 0 Å². The molecular weight excluding hydrogens is 295 g/mol. The van der Waals surface area contributed by atoms with Crippen molar-refractivity contribution in [3.63, 3.8) is 0 Å². The van der Waals surface area contributed by atoms with E-state index in [1.165, 1.54) is 12.1 Å². The molecule has 1 saturated carbocycles. The van der Waals surface area contributed by atoms with Crippen LogP contribution in [0.3, 0.4) is 0 Å². The van der Waals surface area contributed by atoms with Crippen LogP contribution < -0.4 is 0 Å². The van der Waals surface area contributed by atoms with Crippen molar-refractivity contribution in [3.8, 4) is 0 Å². The van der Waals surface area contributed by atoms with Gasteiger partial charge in [0.05, 0.1) is 0 Å². The minimum absolute atomic E-state index is 0.199. The maximum absolute atomic E-state index is 12.6. The lowest BCUT2D eigenvalue weighted by atomic mass is 9.78. The molecule has 1 aromatic rings. The van der Waals surface area contributed by atoms with Crippen LogP contribution in [0.1, 0.15) is 50.5 Å². The lowest BCUT2D eigenvalue weighted by Crippen LogP contribution is -2.13. The van der Waals surface area contributed by atoms with E-state index in [0.717, 1.165) is 37.7 Å². The standard InChI is InChI=1S/C14H19F5S/c1-2-11-3-5-12(6-4-11)13-7-9-14(10-8-13)20(15,16,17,18)19/h7-12H,2-6H2,1H3/t11-,12-. The topological polar surface area (TPSA) is 0 Å². The van der Waals surface area contributed by atoms with E-state index in [4.69, 9.17) is 0 Å². The van der Waals surface area contributed by atoms with Gasteiger partial charge in [-0.1, -0.05) is 44.9 Å². The summed E-state index contributed by atoms with van der Waals surface area (Å²) in [4.78, 5) is -1.80. The minimum Gasteiger partial charge on any atom is -0.0936 e. The van der Waals surface area contributed by atoms with Crippen molar-refractivity contribution in [3.05, 3.63) is 29.8 Å². The first-order valence-electron chi connectivity index (χ1n) is 6.83. The van der Waals surface area contributed by atoms with Crippen molar-refractivity contribution in [1.29, 1.82) is 0 Å². The van der Waals surface area contributed by atoms with E-state index in [9.17, 15) is 19.4 Å². The van der Waals surface area contributed by atoms with Gasteiger partial charge in [-0.25, -0.2) is 0 Å². The van der Waals surface area contributed by atoms with Crippen LogP contribution in [0.25, 0.3) is 0 Å². The molecule has 0 heterocycles. The van der Waals surface area contributed by atoms with Crippen LogP contribution in [0.15, 0.2) is 29.2 Å². The van der Waals surface area contributed by atoms with E-state index in [1.807, 2.05) is 0 Å². The number of hydrogen-bond donors (Lipinski definition) is 0. The first-order chi connectivity index (χ1) is 8.99. The van der Waals surface area contributed by atoms with Crippen LogP contribution in [-0.2, 0) is 0 Å². The first kappa shape index (κ1) is 15.6. The highest BCUT2D eigenvalue weighted by molar-refractivity contribution is 8.45. The molecule has 116 valence electrons. The predicted octanol–water partition coefficient (Wildman–Crippen LogP) is 7.03. The van der Waals surface area contributed by atoms with Gasteiger partial charge >= 0.3 is 10.2 Å². The number of benzene rings is 1. The summed E-state index contributed by atoms with van der Waals surface area (Å²) in [7, 11) is -9.53. The molecule has 0 aliphatic heterocycles. The Bertz CT molecular complexity index is 468. The molecule has 0 amide bonds. The summed E-state index contributed by atoms with van der Waals surface area (Å²) in [5.74, 6) is 0.889. The molecule has 0 aromatic heterocycles. The van der Waals surface area contributed by atoms with Crippen LogP contribution in [0.4, 0.5) is 19.4 Å². The SMILES string of the molecule is CC[C@H]1CC[C@H](c2ccc(S(F)(F)(F)(F)F)cc2)CC1.